The summed E-state index contributed by atoms with van der Waals surface area (Å²) in [7, 11) is -1.55. The van der Waals surface area contributed by atoms with Crippen molar-refractivity contribution >= 4 is 38.9 Å². The van der Waals surface area contributed by atoms with Crippen molar-refractivity contribution < 1.29 is 35.9 Å². The number of methoxy groups -OCH3 is 2. The van der Waals surface area contributed by atoms with E-state index in [0.717, 1.165) is 10.4 Å². The van der Waals surface area contributed by atoms with Gasteiger partial charge < -0.3 is 14.8 Å². The number of alkyl halides is 3. The van der Waals surface area contributed by atoms with Gasteiger partial charge in [0.1, 0.15) is 18.0 Å². The summed E-state index contributed by atoms with van der Waals surface area (Å²) in [6.45, 7) is -0.760. The summed E-state index contributed by atoms with van der Waals surface area (Å²) in [6.07, 6.45) is -4.74. The van der Waals surface area contributed by atoms with Crippen molar-refractivity contribution in [2.45, 2.75) is 11.1 Å². The fourth-order valence-electron chi connectivity index (χ4n) is 3.16. The number of rotatable bonds is 8. The summed E-state index contributed by atoms with van der Waals surface area (Å²) < 4.78 is 77.7. The molecule has 0 heterocycles. The number of ether oxygens (including phenoxy) is 2. The van der Waals surface area contributed by atoms with Gasteiger partial charge >= 0.3 is 6.18 Å². The Morgan fingerprint density at radius 2 is 1.69 bits per heavy atom. The Bertz CT molecular complexity index is 1320. The molecule has 0 radical (unpaired) electrons. The zero-order chi connectivity index (χ0) is 25.8. The predicted octanol–water partition coefficient (Wildman–Crippen LogP) is 5.21. The second-order valence-electron chi connectivity index (χ2n) is 7.10. The van der Waals surface area contributed by atoms with Gasteiger partial charge in [0.15, 0.2) is 0 Å². The highest BCUT2D eigenvalue weighted by molar-refractivity contribution is 7.92. The number of carbonyl (C=O) groups is 1. The van der Waals surface area contributed by atoms with Crippen molar-refractivity contribution in [1.82, 2.24) is 0 Å². The number of amides is 1. The number of anilines is 2. The van der Waals surface area contributed by atoms with Crippen LogP contribution < -0.4 is 19.1 Å². The lowest BCUT2D eigenvalue weighted by Crippen LogP contribution is -2.38. The molecule has 0 saturated carbocycles. The first-order valence-corrected chi connectivity index (χ1v) is 11.8. The van der Waals surface area contributed by atoms with Gasteiger partial charge in [0, 0.05) is 11.8 Å². The molecular weight excluding hydrogens is 509 g/mol. The lowest BCUT2D eigenvalue weighted by Gasteiger charge is -2.26. The summed E-state index contributed by atoms with van der Waals surface area (Å²) in [5, 5.41) is 1.76. The maximum Gasteiger partial charge on any atom is 0.417 e. The molecule has 0 aliphatic carbocycles. The highest BCUT2D eigenvalue weighted by atomic mass is 35.5. The third-order valence-electron chi connectivity index (χ3n) is 4.83. The van der Waals surface area contributed by atoms with Crippen LogP contribution in [0, 0.1) is 0 Å². The first-order chi connectivity index (χ1) is 16.5. The van der Waals surface area contributed by atoms with Crippen molar-refractivity contribution in [2.75, 3.05) is 30.4 Å². The quantitative estimate of drug-likeness (QED) is 0.434. The van der Waals surface area contributed by atoms with E-state index in [2.05, 4.69) is 5.32 Å². The summed E-state index contributed by atoms with van der Waals surface area (Å²) in [6, 6.07) is 14.5. The van der Waals surface area contributed by atoms with Crippen LogP contribution in [0.3, 0.4) is 0 Å². The predicted molar refractivity (Wildman–Crippen MR) is 126 cm³/mol. The number of hydrogen-bond acceptors (Lipinski definition) is 5. The molecule has 186 valence electrons. The monoisotopic (exact) mass is 528 g/mol. The van der Waals surface area contributed by atoms with Crippen molar-refractivity contribution in [1.29, 1.82) is 0 Å². The summed E-state index contributed by atoms with van der Waals surface area (Å²) in [5.74, 6) is -0.409. The Labute approximate surface area is 205 Å². The van der Waals surface area contributed by atoms with Gasteiger partial charge in [0.05, 0.1) is 35.4 Å². The van der Waals surface area contributed by atoms with Gasteiger partial charge in [-0.25, -0.2) is 8.42 Å². The minimum Gasteiger partial charge on any atom is -0.497 e. The van der Waals surface area contributed by atoms with Crippen LogP contribution in [0.15, 0.2) is 71.6 Å². The number of carbonyl (C=O) groups excluding carboxylic acids is 1. The lowest BCUT2D eigenvalue weighted by molar-refractivity contribution is -0.137. The van der Waals surface area contributed by atoms with Crippen molar-refractivity contribution in [3.8, 4) is 11.5 Å². The second kappa shape index (κ2) is 10.4. The first-order valence-electron chi connectivity index (χ1n) is 9.93. The van der Waals surface area contributed by atoms with E-state index < -0.39 is 39.2 Å². The van der Waals surface area contributed by atoms with Crippen LogP contribution >= 0.6 is 11.6 Å². The minimum atomic E-state index is -4.74. The molecule has 7 nitrogen and oxygen atoms in total. The molecule has 0 spiro atoms. The molecule has 1 N–H and O–H groups in total. The highest BCUT2D eigenvalue weighted by Crippen LogP contribution is 2.37. The molecule has 0 aliphatic rings. The van der Waals surface area contributed by atoms with Crippen molar-refractivity contribution in [3.05, 3.63) is 77.3 Å². The van der Waals surface area contributed by atoms with Crippen LogP contribution in [-0.2, 0) is 21.0 Å². The lowest BCUT2D eigenvalue weighted by atomic mass is 10.2. The summed E-state index contributed by atoms with van der Waals surface area (Å²) in [4.78, 5) is 12.7. The number of benzene rings is 3. The van der Waals surface area contributed by atoms with Gasteiger partial charge in [-0.15, -0.1) is 0 Å². The van der Waals surface area contributed by atoms with E-state index in [-0.39, 0.29) is 22.0 Å². The van der Waals surface area contributed by atoms with Crippen LogP contribution in [0.2, 0.25) is 5.02 Å². The second-order valence-corrected chi connectivity index (χ2v) is 9.37. The van der Waals surface area contributed by atoms with E-state index in [1.165, 1.54) is 62.8 Å². The van der Waals surface area contributed by atoms with Crippen LogP contribution in [0.5, 0.6) is 11.5 Å². The molecule has 1 amide bonds. The Kier molecular flexibility index (Phi) is 7.81. The zero-order valence-corrected chi connectivity index (χ0v) is 20.0. The zero-order valence-electron chi connectivity index (χ0n) is 18.5. The fourth-order valence-corrected chi connectivity index (χ4v) is 4.84. The average Bonchev–Trinajstić information content (AvgIpc) is 2.83. The topological polar surface area (TPSA) is 84.9 Å². The van der Waals surface area contributed by atoms with Crippen LogP contribution in [-0.4, -0.2) is 35.1 Å². The van der Waals surface area contributed by atoms with E-state index in [1.807, 2.05) is 0 Å². The Hall–Kier alpha value is -3.44. The summed E-state index contributed by atoms with van der Waals surface area (Å²) >= 11 is 5.62. The van der Waals surface area contributed by atoms with E-state index >= 15 is 0 Å². The molecule has 3 aromatic rings. The van der Waals surface area contributed by atoms with Crippen LogP contribution in [0.1, 0.15) is 5.56 Å². The number of halogens is 4. The fraction of sp³-hybridized carbons (Fsp3) is 0.174. The van der Waals surface area contributed by atoms with Gasteiger partial charge in [-0.05, 0) is 42.5 Å². The number of nitrogens with zero attached hydrogens (tertiary/aromatic N) is 1. The first kappa shape index (κ1) is 26.2. The van der Waals surface area contributed by atoms with Gasteiger partial charge in [-0.3, -0.25) is 9.10 Å². The Morgan fingerprint density at radius 3 is 2.29 bits per heavy atom. The normalized spacial score (nSPS) is 11.6. The van der Waals surface area contributed by atoms with Crippen LogP contribution in [0.4, 0.5) is 24.5 Å². The van der Waals surface area contributed by atoms with E-state index in [0.29, 0.717) is 11.8 Å². The standard InChI is InChI=1S/C23H20ClF3N2O5S/c1-33-16-9-11-20(21(13-16)34-2)29(35(31,32)17-6-4-3-5-7-17)14-22(30)28-15-8-10-19(24)18(12-15)23(25,26)27/h3-13H,14H2,1-2H3,(H,28,30). The molecule has 3 aromatic carbocycles. The maximum absolute atomic E-state index is 13.5. The average molecular weight is 529 g/mol. The van der Waals surface area contributed by atoms with E-state index in [9.17, 15) is 26.4 Å². The molecule has 0 unspecified atom stereocenters. The number of hydrogen-bond donors (Lipinski definition) is 1. The largest absolute Gasteiger partial charge is 0.497 e. The smallest absolute Gasteiger partial charge is 0.417 e. The molecule has 0 fully saturated rings. The molecule has 0 bridgehead atoms. The minimum absolute atomic E-state index is 0.0272. The van der Waals surface area contributed by atoms with Gasteiger partial charge in [0.2, 0.25) is 5.91 Å². The van der Waals surface area contributed by atoms with Gasteiger partial charge in [-0.2, -0.15) is 13.2 Å². The molecule has 0 atom stereocenters. The van der Waals surface area contributed by atoms with Gasteiger partial charge in [0.25, 0.3) is 10.0 Å². The molecule has 0 saturated heterocycles. The Morgan fingerprint density at radius 1 is 1.00 bits per heavy atom. The molecular formula is C23H20ClF3N2O5S. The van der Waals surface area contributed by atoms with Crippen LogP contribution in [0.25, 0.3) is 0 Å². The SMILES string of the molecule is COc1ccc(N(CC(=O)Nc2ccc(Cl)c(C(F)(F)F)c2)S(=O)(=O)c2ccccc2)c(OC)c1. The van der Waals surface area contributed by atoms with E-state index in [4.69, 9.17) is 21.1 Å². The number of nitrogens with one attached hydrogen (secondary N) is 1. The molecule has 0 aromatic heterocycles. The molecule has 12 heteroatoms. The van der Waals surface area contributed by atoms with Crippen molar-refractivity contribution in [3.63, 3.8) is 0 Å². The molecule has 35 heavy (non-hydrogen) atoms. The maximum atomic E-state index is 13.5. The highest BCUT2D eigenvalue weighted by Gasteiger charge is 2.34. The molecule has 0 aliphatic heterocycles. The van der Waals surface area contributed by atoms with E-state index in [1.54, 1.807) is 6.07 Å². The molecule has 3 rings (SSSR count). The third-order valence-corrected chi connectivity index (χ3v) is 6.93. The summed E-state index contributed by atoms with van der Waals surface area (Å²) in [5.41, 5.74) is -1.31. The van der Waals surface area contributed by atoms with Gasteiger partial charge in [-0.1, -0.05) is 29.8 Å². The third kappa shape index (κ3) is 5.98. The van der Waals surface area contributed by atoms with Crippen molar-refractivity contribution in [2.24, 2.45) is 0 Å². The Balaban J connectivity index is 2.01. The number of sulfonamides is 1.